The van der Waals surface area contributed by atoms with Crippen molar-refractivity contribution in [2.45, 2.75) is 39.0 Å². The van der Waals surface area contributed by atoms with E-state index < -0.39 is 0 Å². The van der Waals surface area contributed by atoms with Gasteiger partial charge in [0.1, 0.15) is 5.69 Å². The van der Waals surface area contributed by atoms with Crippen molar-refractivity contribution in [3.63, 3.8) is 0 Å². The Morgan fingerprint density at radius 2 is 2.31 bits per heavy atom. The number of aromatic nitrogens is 3. The van der Waals surface area contributed by atoms with Gasteiger partial charge in [-0.3, -0.25) is 0 Å². The molecule has 0 amide bonds. The molecular weight excluding hydrogens is 204 g/mol. The summed E-state index contributed by atoms with van der Waals surface area (Å²) >= 11 is 0. The number of nitrogens with one attached hydrogen (secondary N) is 1. The summed E-state index contributed by atoms with van der Waals surface area (Å²) in [6.45, 7) is 2.32. The lowest BCUT2D eigenvalue weighted by molar-refractivity contribution is 0.175. The molecule has 1 heterocycles. The van der Waals surface area contributed by atoms with E-state index in [2.05, 4.69) is 15.6 Å². The summed E-state index contributed by atoms with van der Waals surface area (Å²) in [4.78, 5) is 0. The van der Waals surface area contributed by atoms with Crippen molar-refractivity contribution in [1.29, 1.82) is 0 Å². The zero-order chi connectivity index (χ0) is 11.4. The average molecular weight is 224 g/mol. The molecule has 5 nitrogen and oxygen atoms in total. The molecule has 1 aliphatic rings. The molecule has 1 saturated carbocycles. The Bertz CT molecular complexity index is 333. The fourth-order valence-corrected chi connectivity index (χ4v) is 1.86. The third-order valence-electron chi connectivity index (χ3n) is 2.99. The number of aryl methyl sites for hydroxylation is 1. The summed E-state index contributed by atoms with van der Waals surface area (Å²) in [6, 6.07) is 0. The summed E-state index contributed by atoms with van der Waals surface area (Å²) in [6.07, 6.45) is 3.99. The van der Waals surface area contributed by atoms with E-state index in [1.165, 1.54) is 19.3 Å². The largest absolute Gasteiger partial charge is 0.378 e. The first kappa shape index (κ1) is 11.5. The van der Waals surface area contributed by atoms with E-state index in [4.69, 9.17) is 4.74 Å². The van der Waals surface area contributed by atoms with Crippen LogP contribution in [0.3, 0.4) is 0 Å². The summed E-state index contributed by atoms with van der Waals surface area (Å²) < 4.78 is 7.20. The van der Waals surface area contributed by atoms with Crippen molar-refractivity contribution in [3.8, 4) is 0 Å². The smallest absolute Gasteiger partial charge is 0.102 e. The number of nitrogens with zero attached hydrogens (tertiary/aromatic N) is 3. The van der Waals surface area contributed by atoms with E-state index in [0.29, 0.717) is 6.61 Å². The van der Waals surface area contributed by atoms with Crippen LogP contribution in [0.1, 0.15) is 30.7 Å². The predicted molar refractivity (Wildman–Crippen MR) is 60.8 cm³/mol. The molecule has 0 aromatic carbocycles. The molecular formula is C11H20N4O. The van der Waals surface area contributed by atoms with Crippen molar-refractivity contribution >= 4 is 0 Å². The fraction of sp³-hybridized carbons (Fsp3) is 0.818. The summed E-state index contributed by atoms with van der Waals surface area (Å²) in [5.41, 5.74) is 2.11. The Balaban J connectivity index is 2.02. The third-order valence-corrected chi connectivity index (χ3v) is 2.99. The van der Waals surface area contributed by atoms with Crippen LogP contribution in [0, 0.1) is 5.92 Å². The van der Waals surface area contributed by atoms with Gasteiger partial charge in [-0.05, 0) is 19.4 Å². The number of methoxy groups -OCH3 is 1. The highest BCUT2D eigenvalue weighted by molar-refractivity contribution is 5.09. The van der Waals surface area contributed by atoms with Crippen LogP contribution >= 0.6 is 0 Å². The monoisotopic (exact) mass is 224 g/mol. The summed E-state index contributed by atoms with van der Waals surface area (Å²) in [5.74, 6) is 0.923. The van der Waals surface area contributed by atoms with E-state index in [0.717, 1.165) is 30.4 Å². The number of hydrogen-bond acceptors (Lipinski definition) is 4. The molecule has 0 unspecified atom stereocenters. The first-order valence-electron chi connectivity index (χ1n) is 5.90. The molecule has 2 rings (SSSR count). The van der Waals surface area contributed by atoms with Crippen molar-refractivity contribution < 1.29 is 4.74 Å². The molecule has 0 saturated heterocycles. The van der Waals surface area contributed by atoms with Gasteiger partial charge in [0.15, 0.2) is 0 Å². The maximum Gasteiger partial charge on any atom is 0.102 e. The van der Waals surface area contributed by atoms with Crippen LogP contribution in [0.4, 0.5) is 0 Å². The molecule has 90 valence electrons. The van der Waals surface area contributed by atoms with Crippen LogP contribution in [0.5, 0.6) is 0 Å². The lowest BCUT2D eigenvalue weighted by Crippen LogP contribution is -2.11. The van der Waals surface area contributed by atoms with E-state index >= 15 is 0 Å². The van der Waals surface area contributed by atoms with Gasteiger partial charge in [0, 0.05) is 20.2 Å². The molecule has 5 heteroatoms. The van der Waals surface area contributed by atoms with Gasteiger partial charge in [-0.25, -0.2) is 4.68 Å². The quantitative estimate of drug-likeness (QED) is 0.749. The molecule has 1 aromatic heterocycles. The zero-order valence-corrected chi connectivity index (χ0v) is 10.1. The van der Waals surface area contributed by atoms with Crippen LogP contribution in [-0.2, 0) is 24.4 Å². The van der Waals surface area contributed by atoms with Crippen molar-refractivity contribution in [2.75, 3.05) is 14.2 Å². The van der Waals surface area contributed by atoms with Gasteiger partial charge in [-0.2, -0.15) is 0 Å². The topological polar surface area (TPSA) is 52.0 Å². The van der Waals surface area contributed by atoms with E-state index in [1.54, 1.807) is 7.11 Å². The third kappa shape index (κ3) is 2.80. The molecule has 0 radical (unpaired) electrons. The van der Waals surface area contributed by atoms with Crippen molar-refractivity contribution in [3.05, 3.63) is 11.4 Å². The Hall–Kier alpha value is -0.940. The minimum Gasteiger partial charge on any atom is -0.378 e. The number of rotatable bonds is 7. The van der Waals surface area contributed by atoms with Crippen LogP contribution in [-0.4, -0.2) is 29.2 Å². The Labute approximate surface area is 96.2 Å². The molecule has 0 atom stereocenters. The highest BCUT2D eigenvalue weighted by atomic mass is 16.5. The Morgan fingerprint density at radius 3 is 2.94 bits per heavy atom. The number of hydrogen-bond donors (Lipinski definition) is 1. The van der Waals surface area contributed by atoms with Crippen molar-refractivity contribution in [1.82, 2.24) is 20.3 Å². The fourth-order valence-electron chi connectivity index (χ4n) is 1.86. The molecule has 1 N–H and O–H groups in total. The lowest BCUT2D eigenvalue weighted by atomic mass is 10.2. The minimum absolute atomic E-state index is 0.592. The maximum atomic E-state index is 5.21. The van der Waals surface area contributed by atoms with Crippen molar-refractivity contribution in [2.24, 2.45) is 5.92 Å². The molecule has 1 fully saturated rings. The average Bonchev–Trinajstić information content (AvgIpc) is 3.04. The van der Waals surface area contributed by atoms with Gasteiger partial charge in [-0.1, -0.05) is 18.1 Å². The first-order chi connectivity index (χ1) is 7.85. The first-order valence-corrected chi connectivity index (χ1v) is 5.90. The Morgan fingerprint density at radius 1 is 1.50 bits per heavy atom. The van der Waals surface area contributed by atoms with Crippen LogP contribution in [0.25, 0.3) is 0 Å². The predicted octanol–water partition coefficient (Wildman–Crippen LogP) is 0.944. The van der Waals surface area contributed by atoms with E-state index in [-0.39, 0.29) is 0 Å². The molecule has 0 spiro atoms. The van der Waals surface area contributed by atoms with Gasteiger partial charge in [0.05, 0.1) is 12.3 Å². The van der Waals surface area contributed by atoms with Gasteiger partial charge < -0.3 is 10.1 Å². The summed E-state index contributed by atoms with van der Waals surface area (Å²) in [7, 11) is 3.63. The normalized spacial score (nSPS) is 15.6. The molecule has 0 aliphatic heterocycles. The van der Waals surface area contributed by atoms with Crippen LogP contribution in [0.15, 0.2) is 0 Å². The SMILES string of the molecule is CNCc1nnn(CCC2CC2)c1COC. The number of ether oxygens (including phenoxy) is 1. The molecule has 16 heavy (non-hydrogen) atoms. The highest BCUT2D eigenvalue weighted by Gasteiger charge is 2.22. The Kier molecular flexibility index (Phi) is 3.90. The van der Waals surface area contributed by atoms with Crippen LogP contribution in [0.2, 0.25) is 0 Å². The lowest BCUT2D eigenvalue weighted by Gasteiger charge is -2.06. The molecule has 1 aliphatic carbocycles. The van der Waals surface area contributed by atoms with Gasteiger partial charge in [0.25, 0.3) is 0 Å². The van der Waals surface area contributed by atoms with Gasteiger partial charge >= 0.3 is 0 Å². The zero-order valence-electron chi connectivity index (χ0n) is 10.1. The van der Waals surface area contributed by atoms with Gasteiger partial charge in [-0.15, -0.1) is 5.10 Å². The second-order valence-corrected chi connectivity index (χ2v) is 4.40. The van der Waals surface area contributed by atoms with E-state index in [1.807, 2.05) is 11.7 Å². The summed E-state index contributed by atoms with van der Waals surface area (Å²) in [5, 5.41) is 11.5. The highest BCUT2D eigenvalue weighted by Crippen LogP contribution is 2.32. The standard InChI is InChI=1S/C11H20N4O/c1-12-7-10-11(8-16-2)15(14-13-10)6-5-9-3-4-9/h9,12H,3-8H2,1-2H3. The second-order valence-electron chi connectivity index (χ2n) is 4.40. The minimum atomic E-state index is 0.592. The molecule has 0 bridgehead atoms. The van der Waals surface area contributed by atoms with Gasteiger partial charge in [0.2, 0.25) is 0 Å². The second kappa shape index (κ2) is 5.41. The van der Waals surface area contributed by atoms with Crippen LogP contribution < -0.4 is 5.32 Å². The van der Waals surface area contributed by atoms with E-state index in [9.17, 15) is 0 Å². The maximum absolute atomic E-state index is 5.21. The molecule has 1 aromatic rings.